The van der Waals surface area contributed by atoms with Gasteiger partial charge in [0.15, 0.2) is 0 Å². The molecule has 0 aromatic heterocycles. The molecule has 0 radical (unpaired) electrons. The fraction of sp³-hybridized carbons (Fsp3) is 0.611. The predicted octanol–water partition coefficient (Wildman–Crippen LogP) is 3.67. The molecule has 2 N–H and O–H groups in total. The van der Waals surface area contributed by atoms with E-state index in [1.54, 1.807) is 7.05 Å². The molecule has 2 saturated carbocycles. The van der Waals surface area contributed by atoms with Crippen LogP contribution >= 0.6 is 0 Å². The van der Waals surface area contributed by atoms with Crippen molar-refractivity contribution in [3.05, 3.63) is 29.8 Å². The molecule has 0 heterocycles. The first-order chi connectivity index (χ1) is 9.87. The van der Waals surface area contributed by atoms with E-state index in [1.165, 1.54) is 19.3 Å². The van der Waals surface area contributed by atoms with Gasteiger partial charge in [0, 0.05) is 24.3 Å². The number of amides is 1. The summed E-state index contributed by atoms with van der Waals surface area (Å²) in [7, 11) is 1.66. The SMILES string of the molecule is CNC(=O)c1ccc(NC2C(C)(C)[C@H]3CC[C@]2(C)C3)cc1. The summed E-state index contributed by atoms with van der Waals surface area (Å²) in [6.07, 6.45) is 4.04. The van der Waals surface area contributed by atoms with Crippen molar-refractivity contribution in [2.24, 2.45) is 16.7 Å². The molecule has 21 heavy (non-hydrogen) atoms. The molecule has 3 heteroatoms. The molecule has 2 fully saturated rings. The lowest BCUT2D eigenvalue weighted by molar-refractivity contribution is 0.0963. The highest BCUT2D eigenvalue weighted by molar-refractivity contribution is 5.94. The van der Waals surface area contributed by atoms with E-state index in [4.69, 9.17) is 0 Å². The maximum absolute atomic E-state index is 11.6. The first kappa shape index (κ1) is 14.4. The van der Waals surface area contributed by atoms with Gasteiger partial charge in [0.05, 0.1) is 0 Å². The number of benzene rings is 1. The number of anilines is 1. The molecule has 1 aromatic carbocycles. The van der Waals surface area contributed by atoms with Gasteiger partial charge in [-0.1, -0.05) is 20.8 Å². The molecule has 3 nitrogen and oxygen atoms in total. The first-order valence-electron chi connectivity index (χ1n) is 7.95. The third-order valence-corrected chi connectivity index (χ3v) is 5.95. The Labute approximate surface area is 127 Å². The molecule has 0 saturated heterocycles. The van der Waals surface area contributed by atoms with Crippen LogP contribution in [0, 0.1) is 16.7 Å². The van der Waals surface area contributed by atoms with Gasteiger partial charge in [-0.2, -0.15) is 0 Å². The van der Waals surface area contributed by atoms with Crippen molar-refractivity contribution in [3.8, 4) is 0 Å². The van der Waals surface area contributed by atoms with Crippen LogP contribution < -0.4 is 10.6 Å². The van der Waals surface area contributed by atoms with Gasteiger partial charge in [-0.15, -0.1) is 0 Å². The summed E-state index contributed by atoms with van der Waals surface area (Å²) in [5, 5.41) is 6.41. The second-order valence-corrected chi connectivity index (χ2v) is 7.65. The zero-order valence-corrected chi connectivity index (χ0v) is 13.5. The van der Waals surface area contributed by atoms with Gasteiger partial charge in [0.1, 0.15) is 0 Å². The lowest BCUT2D eigenvalue weighted by Crippen LogP contribution is -2.45. The molecule has 2 aliphatic rings. The number of rotatable bonds is 3. The van der Waals surface area contributed by atoms with Gasteiger partial charge in [-0.05, 0) is 60.3 Å². The molecule has 2 aliphatic carbocycles. The van der Waals surface area contributed by atoms with Crippen LogP contribution in [0.1, 0.15) is 50.4 Å². The normalized spacial score (nSPS) is 33.0. The summed E-state index contributed by atoms with van der Waals surface area (Å²) in [6, 6.07) is 8.34. The van der Waals surface area contributed by atoms with Crippen molar-refractivity contribution < 1.29 is 4.79 Å². The molecular weight excluding hydrogens is 260 g/mol. The predicted molar refractivity (Wildman–Crippen MR) is 86.5 cm³/mol. The molecule has 114 valence electrons. The molecule has 1 aromatic rings. The second-order valence-electron chi connectivity index (χ2n) is 7.65. The lowest BCUT2D eigenvalue weighted by Gasteiger charge is -2.43. The maximum atomic E-state index is 11.6. The van der Waals surface area contributed by atoms with Gasteiger partial charge >= 0.3 is 0 Å². The summed E-state index contributed by atoms with van der Waals surface area (Å²) < 4.78 is 0. The molecule has 1 unspecified atom stereocenters. The zero-order chi connectivity index (χ0) is 15.3. The summed E-state index contributed by atoms with van der Waals surface area (Å²) in [5.74, 6) is 0.805. The van der Waals surface area contributed by atoms with E-state index in [0.29, 0.717) is 22.4 Å². The van der Waals surface area contributed by atoms with E-state index in [1.807, 2.05) is 24.3 Å². The fourth-order valence-electron chi connectivity index (χ4n) is 4.69. The van der Waals surface area contributed by atoms with Crippen LogP contribution in [0.15, 0.2) is 24.3 Å². The van der Waals surface area contributed by atoms with Crippen molar-refractivity contribution in [2.45, 2.75) is 46.1 Å². The van der Waals surface area contributed by atoms with Crippen molar-refractivity contribution in [1.29, 1.82) is 0 Å². The summed E-state index contributed by atoms with van der Waals surface area (Å²) in [5.41, 5.74) is 2.58. The Kier molecular flexibility index (Phi) is 3.27. The Hall–Kier alpha value is -1.51. The standard InChI is InChI=1S/C18H26N2O/c1-17(2)13-9-10-18(3,11-13)16(17)20-14-7-5-12(6-8-14)15(21)19-4/h5-8,13,16,20H,9-11H2,1-4H3,(H,19,21)/t13-,16?,18+/m0/s1. The molecule has 0 aliphatic heterocycles. The van der Waals surface area contributed by atoms with Crippen LogP contribution in [0.25, 0.3) is 0 Å². The minimum Gasteiger partial charge on any atom is -0.381 e. The van der Waals surface area contributed by atoms with Gasteiger partial charge in [0.2, 0.25) is 0 Å². The smallest absolute Gasteiger partial charge is 0.251 e. The van der Waals surface area contributed by atoms with Crippen molar-refractivity contribution >= 4 is 11.6 Å². The van der Waals surface area contributed by atoms with E-state index in [2.05, 4.69) is 31.4 Å². The maximum Gasteiger partial charge on any atom is 0.251 e. The second kappa shape index (κ2) is 4.75. The van der Waals surface area contributed by atoms with Crippen LogP contribution in [0.5, 0.6) is 0 Å². The largest absolute Gasteiger partial charge is 0.381 e. The average molecular weight is 286 g/mol. The van der Waals surface area contributed by atoms with Crippen LogP contribution in [-0.4, -0.2) is 19.0 Å². The molecule has 1 amide bonds. The van der Waals surface area contributed by atoms with Crippen LogP contribution in [-0.2, 0) is 0 Å². The summed E-state index contributed by atoms with van der Waals surface area (Å²) in [6.45, 7) is 7.23. The number of nitrogens with one attached hydrogen (secondary N) is 2. The van der Waals surface area contributed by atoms with E-state index >= 15 is 0 Å². The highest BCUT2D eigenvalue weighted by Crippen LogP contribution is 2.63. The number of hydrogen-bond acceptors (Lipinski definition) is 2. The number of fused-ring (bicyclic) bond motifs is 2. The third-order valence-electron chi connectivity index (χ3n) is 5.95. The van der Waals surface area contributed by atoms with Crippen LogP contribution in [0.3, 0.4) is 0 Å². The Morgan fingerprint density at radius 1 is 1.19 bits per heavy atom. The molecule has 3 rings (SSSR count). The van der Waals surface area contributed by atoms with Crippen molar-refractivity contribution in [2.75, 3.05) is 12.4 Å². The highest BCUT2D eigenvalue weighted by Gasteiger charge is 2.59. The Morgan fingerprint density at radius 2 is 1.86 bits per heavy atom. The van der Waals surface area contributed by atoms with E-state index in [-0.39, 0.29) is 5.91 Å². The number of carbonyl (C=O) groups excluding carboxylic acids is 1. The third kappa shape index (κ3) is 2.23. The zero-order valence-electron chi connectivity index (χ0n) is 13.5. The summed E-state index contributed by atoms with van der Waals surface area (Å²) >= 11 is 0. The van der Waals surface area contributed by atoms with Gasteiger partial charge in [-0.3, -0.25) is 4.79 Å². The quantitative estimate of drug-likeness (QED) is 0.890. The van der Waals surface area contributed by atoms with Gasteiger partial charge in [-0.25, -0.2) is 0 Å². The Morgan fingerprint density at radius 3 is 2.38 bits per heavy atom. The van der Waals surface area contributed by atoms with E-state index in [9.17, 15) is 4.79 Å². The number of carbonyl (C=O) groups is 1. The fourth-order valence-corrected chi connectivity index (χ4v) is 4.69. The topological polar surface area (TPSA) is 41.1 Å². The summed E-state index contributed by atoms with van der Waals surface area (Å²) in [4.78, 5) is 11.6. The van der Waals surface area contributed by atoms with Gasteiger partial charge < -0.3 is 10.6 Å². The lowest BCUT2D eigenvalue weighted by atomic mass is 9.68. The van der Waals surface area contributed by atoms with Crippen LogP contribution in [0.4, 0.5) is 5.69 Å². The minimum absolute atomic E-state index is 0.0336. The Bertz CT molecular complexity index is 544. The molecule has 2 bridgehead atoms. The molecule has 3 atom stereocenters. The molecular formula is C18H26N2O. The Balaban J connectivity index is 1.79. The van der Waals surface area contributed by atoms with Crippen molar-refractivity contribution in [1.82, 2.24) is 5.32 Å². The average Bonchev–Trinajstić information content (AvgIpc) is 2.94. The number of hydrogen-bond donors (Lipinski definition) is 2. The van der Waals surface area contributed by atoms with Gasteiger partial charge in [0.25, 0.3) is 5.91 Å². The van der Waals surface area contributed by atoms with E-state index < -0.39 is 0 Å². The highest BCUT2D eigenvalue weighted by atomic mass is 16.1. The minimum atomic E-state index is -0.0336. The van der Waals surface area contributed by atoms with Crippen molar-refractivity contribution in [3.63, 3.8) is 0 Å². The monoisotopic (exact) mass is 286 g/mol. The van der Waals surface area contributed by atoms with E-state index in [0.717, 1.165) is 11.6 Å². The first-order valence-corrected chi connectivity index (χ1v) is 7.95. The van der Waals surface area contributed by atoms with Crippen LogP contribution in [0.2, 0.25) is 0 Å². The molecule has 0 spiro atoms.